The molecule has 2 aliphatic rings. The second-order valence-electron chi connectivity index (χ2n) is 7.84. The minimum absolute atomic E-state index is 0.0960. The second-order valence-corrected chi connectivity index (χ2v) is 7.84. The van der Waals surface area contributed by atoms with Gasteiger partial charge in [0.1, 0.15) is 0 Å². The van der Waals surface area contributed by atoms with E-state index in [1.54, 1.807) is 0 Å². The Hall–Kier alpha value is -2.60. The number of hydrogen-bond donors (Lipinski definition) is 0. The van der Waals surface area contributed by atoms with Gasteiger partial charge in [0.05, 0.1) is 0 Å². The van der Waals surface area contributed by atoms with E-state index in [0.29, 0.717) is 5.92 Å². The predicted octanol–water partition coefficient (Wildman–Crippen LogP) is 6.46. The summed E-state index contributed by atoms with van der Waals surface area (Å²) in [5.74, 6) is 0.310. The highest BCUT2D eigenvalue weighted by molar-refractivity contribution is 5.53. The van der Waals surface area contributed by atoms with Gasteiger partial charge in [-0.05, 0) is 25.0 Å². The molecule has 0 bridgehead atoms. The van der Waals surface area contributed by atoms with Crippen molar-refractivity contribution in [2.75, 3.05) is 0 Å². The maximum absolute atomic E-state index is 2.37. The zero-order chi connectivity index (χ0) is 18.2. The molecule has 0 nitrogen and oxygen atoms in total. The highest BCUT2D eigenvalue weighted by Gasteiger charge is 2.52. The van der Waals surface area contributed by atoms with Gasteiger partial charge in [0.25, 0.3) is 0 Å². The fraction of sp³-hybridized carbons (Fsp3) is 0.231. The highest BCUT2D eigenvalue weighted by Crippen LogP contribution is 2.56. The van der Waals surface area contributed by atoms with Crippen molar-refractivity contribution in [3.63, 3.8) is 0 Å². The topological polar surface area (TPSA) is 0 Å². The lowest BCUT2D eigenvalue weighted by molar-refractivity contribution is 0.270. The first-order chi connectivity index (χ1) is 12.6. The Morgan fingerprint density at radius 1 is 0.654 bits per heavy atom. The highest BCUT2D eigenvalue weighted by atomic mass is 14.5. The number of rotatable bonds is 4. The zero-order valence-electron chi connectivity index (χ0n) is 15.8. The third-order valence-electron chi connectivity index (χ3n) is 6.11. The monoisotopic (exact) mass is 338 g/mol. The van der Waals surface area contributed by atoms with E-state index >= 15 is 0 Å². The summed E-state index contributed by atoms with van der Waals surface area (Å²) in [4.78, 5) is 0. The van der Waals surface area contributed by atoms with Gasteiger partial charge in [-0.25, -0.2) is 0 Å². The van der Waals surface area contributed by atoms with Gasteiger partial charge in [-0.3, -0.25) is 0 Å². The van der Waals surface area contributed by atoms with Crippen molar-refractivity contribution in [3.05, 3.63) is 119 Å². The van der Waals surface area contributed by atoms with E-state index in [1.165, 1.54) is 22.3 Å². The Morgan fingerprint density at radius 2 is 1.08 bits per heavy atom. The van der Waals surface area contributed by atoms with Crippen LogP contribution in [0.15, 0.2) is 97.1 Å². The van der Waals surface area contributed by atoms with Crippen LogP contribution in [0.4, 0.5) is 0 Å². The Morgan fingerprint density at radius 3 is 1.50 bits per heavy atom. The number of allylic oxidation sites excluding steroid dienone is 8. The van der Waals surface area contributed by atoms with Crippen LogP contribution in [0.3, 0.4) is 0 Å². The van der Waals surface area contributed by atoms with Gasteiger partial charge in [-0.1, -0.05) is 115 Å². The predicted molar refractivity (Wildman–Crippen MR) is 111 cm³/mol. The molecule has 4 rings (SSSR count). The molecule has 0 radical (unpaired) electrons. The molecular weight excluding hydrogens is 312 g/mol. The van der Waals surface area contributed by atoms with Crippen LogP contribution in [0.1, 0.15) is 29.2 Å². The molecule has 130 valence electrons. The molecule has 0 amide bonds. The second kappa shape index (κ2) is 6.29. The van der Waals surface area contributed by atoms with Crippen molar-refractivity contribution in [1.29, 1.82) is 0 Å². The van der Waals surface area contributed by atoms with Crippen LogP contribution < -0.4 is 0 Å². The standard InChI is InChI=1S/C26H26/c1-20-10-14-23(15-11-20)26(22-8-4-5-9-22,25(3)18-6-7-19-25)24-16-12-21(2)13-17-24/h4-19,22H,1-3H3. The van der Waals surface area contributed by atoms with Crippen molar-refractivity contribution in [2.45, 2.75) is 26.2 Å². The fourth-order valence-electron chi connectivity index (χ4n) is 4.72. The first-order valence-electron chi connectivity index (χ1n) is 9.43. The summed E-state index contributed by atoms with van der Waals surface area (Å²) in [6, 6.07) is 18.2. The van der Waals surface area contributed by atoms with Crippen LogP contribution >= 0.6 is 0 Å². The first-order valence-corrected chi connectivity index (χ1v) is 9.43. The van der Waals surface area contributed by atoms with E-state index in [2.05, 4.69) is 118 Å². The minimum Gasteiger partial charge on any atom is -0.0763 e. The van der Waals surface area contributed by atoms with Crippen molar-refractivity contribution in [3.8, 4) is 0 Å². The molecule has 0 fully saturated rings. The maximum Gasteiger partial charge on any atom is 0.0422 e. The lowest BCUT2D eigenvalue weighted by Gasteiger charge is -2.49. The average Bonchev–Trinajstić information content (AvgIpc) is 3.32. The molecule has 0 N–H and O–H groups in total. The molecule has 0 saturated carbocycles. The molecule has 2 aliphatic carbocycles. The van der Waals surface area contributed by atoms with Crippen LogP contribution in [0, 0.1) is 25.2 Å². The largest absolute Gasteiger partial charge is 0.0763 e. The molecule has 0 heteroatoms. The summed E-state index contributed by atoms with van der Waals surface area (Å²) in [6.07, 6.45) is 18.2. The Labute approximate surface area is 157 Å². The van der Waals surface area contributed by atoms with Gasteiger partial charge in [0, 0.05) is 16.7 Å². The van der Waals surface area contributed by atoms with E-state index in [-0.39, 0.29) is 10.8 Å². The van der Waals surface area contributed by atoms with Gasteiger partial charge in [0.2, 0.25) is 0 Å². The molecule has 0 saturated heterocycles. The smallest absolute Gasteiger partial charge is 0.0422 e. The summed E-state index contributed by atoms with van der Waals surface area (Å²) >= 11 is 0. The fourth-order valence-corrected chi connectivity index (χ4v) is 4.72. The van der Waals surface area contributed by atoms with Crippen molar-refractivity contribution < 1.29 is 0 Å². The summed E-state index contributed by atoms with van der Waals surface area (Å²) < 4.78 is 0. The van der Waals surface area contributed by atoms with E-state index in [4.69, 9.17) is 0 Å². The van der Waals surface area contributed by atoms with Gasteiger partial charge < -0.3 is 0 Å². The molecule has 0 unspecified atom stereocenters. The zero-order valence-corrected chi connectivity index (χ0v) is 15.8. The van der Waals surface area contributed by atoms with Gasteiger partial charge in [-0.15, -0.1) is 0 Å². The molecule has 0 aromatic heterocycles. The molecule has 0 aliphatic heterocycles. The Bertz CT molecular complexity index is 832. The Kier molecular flexibility index (Phi) is 4.07. The van der Waals surface area contributed by atoms with Crippen molar-refractivity contribution in [1.82, 2.24) is 0 Å². The van der Waals surface area contributed by atoms with Crippen LogP contribution in [-0.2, 0) is 5.41 Å². The number of aryl methyl sites for hydroxylation is 2. The van der Waals surface area contributed by atoms with Gasteiger partial charge >= 0.3 is 0 Å². The molecule has 2 aromatic rings. The number of hydrogen-bond acceptors (Lipinski definition) is 0. The van der Waals surface area contributed by atoms with E-state index < -0.39 is 0 Å². The molecule has 0 atom stereocenters. The third-order valence-corrected chi connectivity index (χ3v) is 6.11. The summed E-state index contributed by atoms with van der Waals surface area (Å²) in [6.45, 7) is 6.68. The molecular formula is C26H26. The summed E-state index contributed by atoms with van der Waals surface area (Å²) in [7, 11) is 0. The average molecular weight is 338 g/mol. The Balaban J connectivity index is 2.06. The summed E-state index contributed by atoms with van der Waals surface area (Å²) in [5, 5.41) is 0. The van der Waals surface area contributed by atoms with Crippen LogP contribution in [-0.4, -0.2) is 0 Å². The molecule has 2 aromatic carbocycles. The molecule has 0 spiro atoms. The van der Waals surface area contributed by atoms with Crippen molar-refractivity contribution in [2.24, 2.45) is 11.3 Å². The van der Waals surface area contributed by atoms with Crippen LogP contribution in [0.2, 0.25) is 0 Å². The summed E-state index contributed by atoms with van der Waals surface area (Å²) in [5.41, 5.74) is 5.06. The van der Waals surface area contributed by atoms with Crippen LogP contribution in [0.25, 0.3) is 0 Å². The molecule has 0 heterocycles. The van der Waals surface area contributed by atoms with Gasteiger partial charge in [0.15, 0.2) is 0 Å². The van der Waals surface area contributed by atoms with Crippen LogP contribution in [0.5, 0.6) is 0 Å². The first kappa shape index (κ1) is 16.8. The number of benzene rings is 2. The van der Waals surface area contributed by atoms with Gasteiger partial charge in [-0.2, -0.15) is 0 Å². The van der Waals surface area contributed by atoms with E-state index in [9.17, 15) is 0 Å². The lowest BCUT2D eigenvalue weighted by Crippen LogP contribution is -2.47. The minimum atomic E-state index is -0.179. The van der Waals surface area contributed by atoms with E-state index in [0.717, 1.165) is 0 Å². The normalized spacial score (nSPS) is 18.1. The molecule has 26 heavy (non-hydrogen) atoms. The SMILES string of the molecule is Cc1ccc(C(c2ccc(C)cc2)(C2C=CC=C2)C2(C)C=CC=C2)cc1. The van der Waals surface area contributed by atoms with E-state index in [1.807, 2.05) is 0 Å². The third kappa shape index (κ3) is 2.44. The quantitative estimate of drug-likeness (QED) is 0.600. The maximum atomic E-state index is 2.37. The lowest BCUT2D eigenvalue weighted by atomic mass is 9.52. The van der Waals surface area contributed by atoms with Crippen molar-refractivity contribution >= 4 is 0 Å².